The molecule has 0 radical (unpaired) electrons. The fourth-order valence-corrected chi connectivity index (χ4v) is 3.70. The number of likely N-dealkylation sites (tertiary alicyclic amines) is 1. The molecule has 0 bridgehead atoms. The molecule has 1 aromatic carbocycles. The lowest BCUT2D eigenvalue weighted by Crippen LogP contribution is -2.41. The molecule has 2 aliphatic rings. The average Bonchev–Trinajstić information content (AvgIpc) is 2.59. The Balaban J connectivity index is 1.37. The number of carbonyl (C=O) groups excluding carboxylic acids is 1. The van der Waals surface area contributed by atoms with E-state index >= 15 is 0 Å². The molecule has 2 aliphatic heterocycles. The van der Waals surface area contributed by atoms with E-state index in [1.807, 2.05) is 24.3 Å². The van der Waals surface area contributed by atoms with E-state index in [-0.39, 0.29) is 12.1 Å². The topological polar surface area (TPSA) is 53.6 Å². The molecule has 24 heavy (non-hydrogen) atoms. The second kappa shape index (κ2) is 8.38. The highest BCUT2D eigenvalue weighted by molar-refractivity contribution is 5.74. The summed E-state index contributed by atoms with van der Waals surface area (Å²) in [4.78, 5) is 14.7. The van der Waals surface area contributed by atoms with E-state index < -0.39 is 0 Å². The summed E-state index contributed by atoms with van der Waals surface area (Å²) in [5.41, 5.74) is 1.07. The van der Waals surface area contributed by atoms with Gasteiger partial charge in [0.25, 0.3) is 0 Å². The Morgan fingerprint density at radius 1 is 1.33 bits per heavy atom. The number of carbonyl (C=O) groups is 1. The van der Waals surface area contributed by atoms with Crippen LogP contribution in [0.1, 0.15) is 44.2 Å². The summed E-state index contributed by atoms with van der Waals surface area (Å²) >= 11 is 0. The molecular formula is C19H29N3O2. The Morgan fingerprint density at radius 2 is 2.21 bits per heavy atom. The van der Waals surface area contributed by atoms with E-state index in [2.05, 4.69) is 22.5 Å². The van der Waals surface area contributed by atoms with Gasteiger partial charge in [-0.2, -0.15) is 0 Å². The number of amides is 2. The van der Waals surface area contributed by atoms with Gasteiger partial charge in [0.2, 0.25) is 0 Å². The van der Waals surface area contributed by atoms with Crippen molar-refractivity contribution in [2.75, 3.05) is 32.8 Å². The first-order valence-corrected chi connectivity index (χ1v) is 9.21. The Hall–Kier alpha value is -1.75. The molecule has 2 atom stereocenters. The summed E-state index contributed by atoms with van der Waals surface area (Å²) in [5, 5.41) is 6.07. The van der Waals surface area contributed by atoms with Gasteiger partial charge >= 0.3 is 6.03 Å². The van der Waals surface area contributed by atoms with E-state index in [1.54, 1.807) is 0 Å². The number of nitrogens with zero attached hydrogens (tertiary/aromatic N) is 1. The molecule has 0 spiro atoms. The molecule has 2 amide bonds. The lowest BCUT2D eigenvalue weighted by Gasteiger charge is -2.30. The van der Waals surface area contributed by atoms with Gasteiger partial charge in [0.15, 0.2) is 0 Å². The first-order chi connectivity index (χ1) is 11.7. The number of piperidine rings is 1. The standard InChI is InChI=1S/C19H29N3O2/c1-15-6-4-11-22(14-15)12-5-10-20-19(23)21-17-9-13-24-18-8-3-2-7-16(17)18/h2-3,7-8,15,17H,4-6,9-14H2,1H3,(H2,20,21,23)/t15-,17+/m0/s1. The normalized spacial score (nSPS) is 23.9. The number of nitrogens with one attached hydrogen (secondary N) is 2. The highest BCUT2D eigenvalue weighted by Crippen LogP contribution is 2.31. The third-order valence-electron chi connectivity index (χ3n) is 4.94. The van der Waals surface area contributed by atoms with Crippen LogP contribution in [0.3, 0.4) is 0 Å². The van der Waals surface area contributed by atoms with Gasteiger partial charge in [-0.25, -0.2) is 4.79 Å². The summed E-state index contributed by atoms with van der Waals surface area (Å²) in [6.07, 6.45) is 4.47. The van der Waals surface area contributed by atoms with E-state index in [4.69, 9.17) is 4.74 Å². The molecule has 0 aliphatic carbocycles. The van der Waals surface area contributed by atoms with Gasteiger partial charge in [-0.15, -0.1) is 0 Å². The lowest BCUT2D eigenvalue weighted by molar-refractivity contribution is 0.181. The first kappa shape index (κ1) is 17.1. The molecule has 1 aromatic rings. The third kappa shape index (κ3) is 4.63. The van der Waals surface area contributed by atoms with E-state index in [0.717, 1.165) is 43.2 Å². The number of urea groups is 1. The van der Waals surface area contributed by atoms with E-state index in [0.29, 0.717) is 6.61 Å². The molecule has 1 fully saturated rings. The quantitative estimate of drug-likeness (QED) is 0.816. The molecule has 5 nitrogen and oxygen atoms in total. The molecule has 1 saturated heterocycles. The van der Waals surface area contributed by atoms with Crippen LogP contribution in [0, 0.1) is 5.92 Å². The molecule has 3 rings (SSSR count). The first-order valence-electron chi connectivity index (χ1n) is 9.21. The van der Waals surface area contributed by atoms with Gasteiger partial charge in [0.1, 0.15) is 5.75 Å². The molecule has 5 heteroatoms. The van der Waals surface area contributed by atoms with Crippen LogP contribution in [0.4, 0.5) is 4.79 Å². The van der Waals surface area contributed by atoms with Gasteiger partial charge in [-0.1, -0.05) is 25.1 Å². The number of hydrogen-bond donors (Lipinski definition) is 2. The maximum absolute atomic E-state index is 12.1. The lowest BCUT2D eigenvalue weighted by atomic mass is 10.0. The highest BCUT2D eigenvalue weighted by Gasteiger charge is 2.22. The number of ether oxygens (including phenoxy) is 1. The number of hydrogen-bond acceptors (Lipinski definition) is 3. The molecule has 0 saturated carbocycles. The van der Waals surface area contributed by atoms with Crippen molar-refractivity contribution < 1.29 is 9.53 Å². The SMILES string of the molecule is C[C@H]1CCCN(CCCNC(=O)N[C@@H]2CCOc3ccccc32)C1. The Bertz CT molecular complexity index is 549. The van der Waals surface area contributed by atoms with Crippen LogP contribution in [0.5, 0.6) is 5.75 Å². The fraction of sp³-hybridized carbons (Fsp3) is 0.632. The zero-order valence-electron chi connectivity index (χ0n) is 14.6. The monoisotopic (exact) mass is 331 g/mol. The van der Waals surface area contributed by atoms with Crippen LogP contribution < -0.4 is 15.4 Å². The van der Waals surface area contributed by atoms with Crippen molar-refractivity contribution in [1.29, 1.82) is 0 Å². The summed E-state index contributed by atoms with van der Waals surface area (Å²) in [6.45, 7) is 7.17. The van der Waals surface area contributed by atoms with Crippen molar-refractivity contribution in [2.24, 2.45) is 5.92 Å². The van der Waals surface area contributed by atoms with Gasteiger partial charge in [-0.3, -0.25) is 0 Å². The summed E-state index contributed by atoms with van der Waals surface area (Å²) < 4.78 is 5.63. The van der Waals surface area contributed by atoms with Crippen LogP contribution >= 0.6 is 0 Å². The highest BCUT2D eigenvalue weighted by atomic mass is 16.5. The van der Waals surface area contributed by atoms with Gasteiger partial charge in [0, 0.05) is 25.1 Å². The smallest absolute Gasteiger partial charge is 0.315 e. The van der Waals surface area contributed by atoms with Gasteiger partial charge in [0.05, 0.1) is 12.6 Å². The molecule has 132 valence electrons. The summed E-state index contributed by atoms with van der Waals surface area (Å²) in [5.74, 6) is 1.69. The largest absolute Gasteiger partial charge is 0.493 e. The van der Waals surface area contributed by atoms with Crippen molar-refractivity contribution in [1.82, 2.24) is 15.5 Å². The molecule has 2 N–H and O–H groups in total. The average molecular weight is 331 g/mol. The number of benzene rings is 1. The zero-order chi connectivity index (χ0) is 16.8. The maximum Gasteiger partial charge on any atom is 0.315 e. The summed E-state index contributed by atoms with van der Waals surface area (Å²) in [6, 6.07) is 7.89. The van der Waals surface area contributed by atoms with Crippen LogP contribution in [0.2, 0.25) is 0 Å². The minimum absolute atomic E-state index is 0.0397. The van der Waals surface area contributed by atoms with Crippen molar-refractivity contribution in [3.05, 3.63) is 29.8 Å². The number of fused-ring (bicyclic) bond motifs is 1. The Morgan fingerprint density at radius 3 is 3.08 bits per heavy atom. The maximum atomic E-state index is 12.1. The Kier molecular flexibility index (Phi) is 5.96. The number of rotatable bonds is 5. The third-order valence-corrected chi connectivity index (χ3v) is 4.94. The van der Waals surface area contributed by atoms with Gasteiger partial charge in [-0.05, 0) is 44.3 Å². The zero-order valence-corrected chi connectivity index (χ0v) is 14.6. The van der Waals surface area contributed by atoms with E-state index in [1.165, 1.54) is 25.9 Å². The molecule has 0 unspecified atom stereocenters. The molecular weight excluding hydrogens is 302 g/mol. The minimum atomic E-state index is -0.0799. The number of para-hydroxylation sites is 1. The van der Waals surface area contributed by atoms with E-state index in [9.17, 15) is 4.79 Å². The van der Waals surface area contributed by atoms with Crippen molar-refractivity contribution in [3.8, 4) is 5.75 Å². The van der Waals surface area contributed by atoms with Gasteiger partial charge < -0.3 is 20.3 Å². The van der Waals surface area contributed by atoms with Crippen LogP contribution in [0.25, 0.3) is 0 Å². The predicted molar refractivity (Wildman–Crippen MR) is 95.3 cm³/mol. The van der Waals surface area contributed by atoms with Crippen molar-refractivity contribution in [2.45, 2.75) is 38.6 Å². The summed E-state index contributed by atoms with van der Waals surface area (Å²) in [7, 11) is 0. The van der Waals surface area contributed by atoms with Crippen molar-refractivity contribution >= 4 is 6.03 Å². The van der Waals surface area contributed by atoms with Crippen molar-refractivity contribution in [3.63, 3.8) is 0 Å². The second-order valence-electron chi connectivity index (χ2n) is 7.03. The Labute approximate surface area is 144 Å². The molecule has 0 aromatic heterocycles. The molecule has 2 heterocycles. The van der Waals surface area contributed by atoms with Crippen LogP contribution in [-0.2, 0) is 0 Å². The minimum Gasteiger partial charge on any atom is -0.493 e. The van der Waals surface area contributed by atoms with Crippen LogP contribution in [0.15, 0.2) is 24.3 Å². The fourth-order valence-electron chi connectivity index (χ4n) is 3.70. The predicted octanol–water partition coefficient (Wildman–Crippen LogP) is 2.93. The second-order valence-corrected chi connectivity index (χ2v) is 7.03. The van der Waals surface area contributed by atoms with Crippen LogP contribution in [-0.4, -0.2) is 43.7 Å².